The van der Waals surface area contributed by atoms with Gasteiger partial charge in [0.15, 0.2) is 11.5 Å². The lowest BCUT2D eigenvalue weighted by Crippen LogP contribution is -2.23. The summed E-state index contributed by atoms with van der Waals surface area (Å²) >= 11 is 8.39. The number of rotatable bonds is 10. The van der Waals surface area contributed by atoms with E-state index in [9.17, 15) is 10.1 Å². The van der Waals surface area contributed by atoms with Crippen LogP contribution in [0.1, 0.15) is 23.6 Å². The zero-order valence-electron chi connectivity index (χ0n) is 19.3. The number of methoxy groups -OCH3 is 1. The van der Waals surface area contributed by atoms with Crippen molar-refractivity contribution in [3.8, 4) is 23.3 Å². The Balaban J connectivity index is 1.77. The van der Waals surface area contributed by atoms with Gasteiger partial charge in [-0.15, -0.1) is 0 Å². The molecule has 8 heteroatoms. The van der Waals surface area contributed by atoms with E-state index in [2.05, 4.69) is 27.9 Å². The van der Waals surface area contributed by atoms with Gasteiger partial charge >= 0.3 is 0 Å². The molecule has 0 radical (unpaired) electrons. The number of ether oxygens (including phenoxy) is 3. The normalized spacial score (nSPS) is 10.9. The highest BCUT2D eigenvalue weighted by Crippen LogP contribution is 2.36. The molecule has 1 N–H and O–H groups in total. The van der Waals surface area contributed by atoms with Crippen LogP contribution in [0.15, 0.2) is 66.2 Å². The van der Waals surface area contributed by atoms with E-state index in [1.54, 1.807) is 13.2 Å². The van der Waals surface area contributed by atoms with E-state index < -0.39 is 5.91 Å². The van der Waals surface area contributed by atoms with Crippen LogP contribution >= 0.6 is 34.2 Å². The first-order valence-electron chi connectivity index (χ1n) is 10.8. The summed E-state index contributed by atoms with van der Waals surface area (Å²) in [7, 11) is 1.59. The zero-order chi connectivity index (χ0) is 25.2. The molecule has 0 aliphatic rings. The summed E-state index contributed by atoms with van der Waals surface area (Å²) in [5, 5.41) is 13.0. The quantitative estimate of drug-likeness (QED) is 0.171. The third kappa shape index (κ3) is 7.38. The van der Waals surface area contributed by atoms with E-state index in [4.69, 9.17) is 25.8 Å². The standard InChI is InChI=1S/C27H24ClIN2O4/c1-3-34-25-14-19(13-24(29)26(25)35-17-20-6-4-5-7-23(20)28)12-21(15-30)27(32)31-16-18-8-10-22(33-2)11-9-18/h4-14H,3,16-17H2,1-2H3,(H,31,32)/b21-12-. The number of halogens is 2. The van der Waals surface area contributed by atoms with E-state index in [0.29, 0.717) is 35.2 Å². The Kier molecular flexibility index (Phi) is 9.82. The maximum Gasteiger partial charge on any atom is 0.262 e. The number of nitriles is 1. The lowest BCUT2D eigenvalue weighted by Gasteiger charge is -2.15. The monoisotopic (exact) mass is 602 g/mol. The van der Waals surface area contributed by atoms with Gasteiger partial charge in [-0.3, -0.25) is 4.79 Å². The molecule has 0 aromatic heterocycles. The summed E-state index contributed by atoms with van der Waals surface area (Å²) in [6.45, 7) is 2.88. The molecule has 0 aliphatic carbocycles. The van der Waals surface area contributed by atoms with Crippen molar-refractivity contribution in [1.29, 1.82) is 5.26 Å². The maximum absolute atomic E-state index is 12.6. The van der Waals surface area contributed by atoms with Crippen molar-refractivity contribution in [1.82, 2.24) is 5.32 Å². The van der Waals surface area contributed by atoms with Crippen LogP contribution in [0.2, 0.25) is 5.02 Å². The first kappa shape index (κ1) is 26.4. The molecule has 0 spiro atoms. The van der Waals surface area contributed by atoms with Crippen molar-refractivity contribution < 1.29 is 19.0 Å². The SMILES string of the molecule is CCOc1cc(/C=C(/C#N)C(=O)NCc2ccc(OC)cc2)cc(I)c1OCc1ccccc1Cl. The fraction of sp³-hybridized carbons (Fsp3) is 0.185. The predicted molar refractivity (Wildman–Crippen MR) is 145 cm³/mol. The van der Waals surface area contributed by atoms with Gasteiger partial charge in [-0.2, -0.15) is 5.26 Å². The molecule has 0 unspecified atom stereocenters. The van der Waals surface area contributed by atoms with Crippen LogP contribution in [0.25, 0.3) is 6.08 Å². The van der Waals surface area contributed by atoms with Gasteiger partial charge in [0.2, 0.25) is 0 Å². The maximum atomic E-state index is 12.6. The molecule has 3 aromatic rings. The molecular weight excluding hydrogens is 579 g/mol. The van der Waals surface area contributed by atoms with Crippen LogP contribution < -0.4 is 19.5 Å². The van der Waals surface area contributed by atoms with Crippen molar-refractivity contribution >= 4 is 46.2 Å². The van der Waals surface area contributed by atoms with Crippen LogP contribution in [0.5, 0.6) is 17.2 Å². The summed E-state index contributed by atoms with van der Waals surface area (Å²) in [6.07, 6.45) is 1.53. The van der Waals surface area contributed by atoms with E-state index in [1.165, 1.54) is 6.08 Å². The van der Waals surface area contributed by atoms with Crippen LogP contribution in [-0.2, 0) is 17.9 Å². The molecule has 3 aromatic carbocycles. The van der Waals surface area contributed by atoms with Gasteiger partial charge in [0.1, 0.15) is 24.0 Å². The Morgan fingerprint density at radius 3 is 2.54 bits per heavy atom. The second kappa shape index (κ2) is 13.0. The number of hydrogen-bond donors (Lipinski definition) is 1. The highest BCUT2D eigenvalue weighted by Gasteiger charge is 2.15. The van der Waals surface area contributed by atoms with Gasteiger partial charge in [-0.25, -0.2) is 0 Å². The van der Waals surface area contributed by atoms with Crippen molar-refractivity contribution in [2.45, 2.75) is 20.1 Å². The van der Waals surface area contributed by atoms with Gasteiger partial charge < -0.3 is 19.5 Å². The van der Waals surface area contributed by atoms with E-state index in [1.807, 2.05) is 67.6 Å². The van der Waals surface area contributed by atoms with Crippen molar-refractivity contribution in [2.24, 2.45) is 0 Å². The average molecular weight is 603 g/mol. The van der Waals surface area contributed by atoms with Crippen LogP contribution in [-0.4, -0.2) is 19.6 Å². The second-order valence-corrected chi connectivity index (χ2v) is 8.91. The minimum atomic E-state index is -0.463. The van der Waals surface area contributed by atoms with Crippen molar-refractivity contribution in [3.05, 3.63) is 91.5 Å². The molecule has 0 bridgehead atoms. The highest BCUT2D eigenvalue weighted by molar-refractivity contribution is 14.1. The Morgan fingerprint density at radius 1 is 1.14 bits per heavy atom. The molecule has 0 saturated heterocycles. The van der Waals surface area contributed by atoms with Crippen LogP contribution in [0.3, 0.4) is 0 Å². The summed E-state index contributed by atoms with van der Waals surface area (Å²) in [6, 6.07) is 20.4. The molecule has 180 valence electrons. The third-order valence-corrected chi connectivity index (χ3v) is 6.12. The van der Waals surface area contributed by atoms with Crippen LogP contribution in [0, 0.1) is 14.9 Å². The fourth-order valence-electron chi connectivity index (χ4n) is 3.18. The number of hydrogen-bond acceptors (Lipinski definition) is 5. The molecule has 35 heavy (non-hydrogen) atoms. The van der Waals surface area contributed by atoms with Gasteiger partial charge in [-0.1, -0.05) is 41.9 Å². The van der Waals surface area contributed by atoms with Crippen molar-refractivity contribution in [2.75, 3.05) is 13.7 Å². The Hall–Kier alpha value is -3.22. The van der Waals surface area contributed by atoms with E-state index >= 15 is 0 Å². The minimum Gasteiger partial charge on any atom is -0.497 e. The molecule has 0 saturated carbocycles. The number of nitrogens with zero attached hydrogens (tertiary/aromatic N) is 1. The molecule has 1 amide bonds. The number of benzene rings is 3. The molecule has 0 atom stereocenters. The molecule has 0 aliphatic heterocycles. The Labute approximate surface area is 223 Å². The number of carbonyl (C=O) groups excluding carboxylic acids is 1. The fourth-order valence-corrected chi connectivity index (χ4v) is 4.15. The van der Waals surface area contributed by atoms with Gasteiger partial charge in [0, 0.05) is 17.1 Å². The van der Waals surface area contributed by atoms with Crippen molar-refractivity contribution in [3.63, 3.8) is 0 Å². The number of amides is 1. The van der Waals surface area contributed by atoms with Crippen LogP contribution in [0.4, 0.5) is 0 Å². The van der Waals surface area contributed by atoms with Gasteiger partial charge in [-0.05, 0) is 77.0 Å². The lowest BCUT2D eigenvalue weighted by atomic mass is 10.1. The molecule has 3 rings (SSSR count). The average Bonchev–Trinajstić information content (AvgIpc) is 2.86. The summed E-state index contributed by atoms with van der Waals surface area (Å²) < 4.78 is 17.7. The smallest absolute Gasteiger partial charge is 0.262 e. The topological polar surface area (TPSA) is 80.6 Å². The predicted octanol–water partition coefficient (Wildman–Crippen LogP) is 6.15. The Morgan fingerprint density at radius 2 is 1.89 bits per heavy atom. The second-order valence-electron chi connectivity index (χ2n) is 7.34. The van der Waals surface area contributed by atoms with Gasteiger partial charge in [0.25, 0.3) is 5.91 Å². The molecule has 0 fully saturated rings. The molecular formula is C27H24ClIN2O4. The van der Waals surface area contributed by atoms with E-state index in [0.717, 1.165) is 20.4 Å². The lowest BCUT2D eigenvalue weighted by molar-refractivity contribution is -0.117. The minimum absolute atomic E-state index is 0.0125. The summed E-state index contributed by atoms with van der Waals surface area (Å²) in [5.41, 5.74) is 2.39. The zero-order valence-corrected chi connectivity index (χ0v) is 22.2. The number of carbonyl (C=O) groups is 1. The summed E-state index contributed by atoms with van der Waals surface area (Å²) in [4.78, 5) is 12.6. The third-order valence-electron chi connectivity index (χ3n) is 4.95. The van der Waals surface area contributed by atoms with Gasteiger partial charge in [0.05, 0.1) is 17.3 Å². The summed E-state index contributed by atoms with van der Waals surface area (Å²) in [5.74, 6) is 1.37. The Bertz CT molecular complexity index is 1250. The highest BCUT2D eigenvalue weighted by atomic mass is 127. The largest absolute Gasteiger partial charge is 0.497 e. The first-order chi connectivity index (χ1) is 16.9. The van der Waals surface area contributed by atoms with E-state index in [-0.39, 0.29) is 12.2 Å². The molecule has 6 nitrogen and oxygen atoms in total. The molecule has 0 heterocycles. The first-order valence-corrected chi connectivity index (χ1v) is 12.3. The number of nitrogens with one attached hydrogen (secondary N) is 1.